The Morgan fingerprint density at radius 3 is 2.36 bits per heavy atom. The Bertz CT molecular complexity index is 635. The summed E-state index contributed by atoms with van der Waals surface area (Å²) in [6, 6.07) is 13.4. The molecule has 0 aliphatic rings. The van der Waals surface area contributed by atoms with Crippen molar-refractivity contribution in [3.8, 4) is 5.75 Å². The average molecular weight is 318 g/mol. The fourth-order valence-electron chi connectivity index (χ4n) is 2.89. The molecule has 1 nitrogen and oxygen atoms in total. The third-order valence-electron chi connectivity index (χ3n) is 4.33. The van der Waals surface area contributed by atoms with Gasteiger partial charge in [-0.3, -0.25) is 0 Å². The molecule has 118 valence electrons. The van der Waals surface area contributed by atoms with Crippen molar-refractivity contribution < 1.29 is 9.13 Å². The second kappa shape index (κ2) is 7.24. The van der Waals surface area contributed by atoms with E-state index < -0.39 is 0 Å². The topological polar surface area (TPSA) is 9.23 Å². The Hall–Kier alpha value is -1.40. The minimum Gasteiger partial charge on any atom is -0.496 e. The van der Waals surface area contributed by atoms with Crippen LogP contribution in [0.1, 0.15) is 37.8 Å². The summed E-state index contributed by atoms with van der Waals surface area (Å²) >= 11 is 0. The SMILES string of the molecule is CCC(CC)(Pc1ccccc1F)c1cc(C)ccc1OC. The molecule has 2 aromatic rings. The standard InChI is InChI=1S/C19H24FOP/c1-5-19(6-2,22-18-10-8-7-9-16(18)20)15-13-14(3)11-12-17(15)21-4/h7-13,22H,5-6H2,1-4H3. The van der Waals surface area contributed by atoms with Crippen LogP contribution in [0.2, 0.25) is 0 Å². The second-order valence-corrected chi connectivity index (χ2v) is 7.34. The average Bonchev–Trinajstić information content (AvgIpc) is 2.54. The zero-order valence-electron chi connectivity index (χ0n) is 13.7. The van der Waals surface area contributed by atoms with Crippen LogP contribution in [0, 0.1) is 12.7 Å². The summed E-state index contributed by atoms with van der Waals surface area (Å²) in [6.45, 7) is 6.45. The van der Waals surface area contributed by atoms with Crippen LogP contribution in [-0.4, -0.2) is 7.11 Å². The highest BCUT2D eigenvalue weighted by atomic mass is 31.1. The Morgan fingerprint density at radius 2 is 1.77 bits per heavy atom. The number of hydrogen-bond donors (Lipinski definition) is 0. The van der Waals surface area contributed by atoms with Crippen molar-refractivity contribution in [2.24, 2.45) is 0 Å². The number of ether oxygens (including phenoxy) is 1. The summed E-state index contributed by atoms with van der Waals surface area (Å²) in [5, 5.41) is 0.717. The molecular formula is C19H24FOP. The van der Waals surface area contributed by atoms with Gasteiger partial charge < -0.3 is 4.74 Å². The third-order valence-corrected chi connectivity index (χ3v) is 6.46. The molecule has 1 unspecified atom stereocenters. The highest BCUT2D eigenvalue weighted by Gasteiger charge is 2.32. The van der Waals surface area contributed by atoms with E-state index >= 15 is 0 Å². The van der Waals surface area contributed by atoms with Crippen LogP contribution < -0.4 is 10.0 Å². The molecule has 1 atom stereocenters. The molecule has 0 aromatic heterocycles. The van der Waals surface area contributed by atoms with Gasteiger partial charge in [0.25, 0.3) is 0 Å². The second-order valence-electron chi connectivity index (χ2n) is 5.60. The number of benzene rings is 2. The first-order valence-electron chi connectivity index (χ1n) is 7.74. The van der Waals surface area contributed by atoms with Crippen molar-refractivity contribution in [1.29, 1.82) is 0 Å². The van der Waals surface area contributed by atoms with Gasteiger partial charge in [0.1, 0.15) is 11.6 Å². The number of halogens is 1. The van der Waals surface area contributed by atoms with Crippen LogP contribution in [0.25, 0.3) is 0 Å². The normalized spacial score (nSPS) is 12.0. The van der Waals surface area contributed by atoms with Gasteiger partial charge in [-0.25, -0.2) is 4.39 Å². The van der Waals surface area contributed by atoms with Gasteiger partial charge in [-0.2, -0.15) is 0 Å². The number of methoxy groups -OCH3 is 1. The van der Waals surface area contributed by atoms with Gasteiger partial charge in [0.15, 0.2) is 0 Å². The van der Waals surface area contributed by atoms with E-state index in [1.54, 1.807) is 19.2 Å². The highest BCUT2D eigenvalue weighted by molar-refractivity contribution is 7.48. The summed E-state index contributed by atoms with van der Waals surface area (Å²) in [5.41, 5.74) is 2.40. The molecule has 0 radical (unpaired) electrons. The third kappa shape index (κ3) is 3.33. The van der Waals surface area contributed by atoms with E-state index in [0.29, 0.717) is 8.58 Å². The van der Waals surface area contributed by atoms with Gasteiger partial charge in [-0.05, 0) is 31.9 Å². The largest absolute Gasteiger partial charge is 0.496 e. The van der Waals surface area contributed by atoms with Gasteiger partial charge in [-0.1, -0.05) is 58.3 Å². The Morgan fingerprint density at radius 1 is 1.09 bits per heavy atom. The molecule has 2 aromatic carbocycles. The Labute approximate surface area is 134 Å². The Balaban J connectivity index is 2.53. The van der Waals surface area contributed by atoms with Crippen molar-refractivity contribution in [2.75, 3.05) is 7.11 Å². The van der Waals surface area contributed by atoms with Crippen molar-refractivity contribution >= 4 is 13.9 Å². The van der Waals surface area contributed by atoms with Gasteiger partial charge in [0.05, 0.1) is 7.11 Å². The molecule has 0 N–H and O–H groups in total. The van der Waals surface area contributed by atoms with E-state index in [1.165, 1.54) is 11.1 Å². The van der Waals surface area contributed by atoms with Crippen LogP contribution >= 0.6 is 8.58 Å². The van der Waals surface area contributed by atoms with Crippen molar-refractivity contribution in [3.63, 3.8) is 0 Å². The summed E-state index contributed by atoms with van der Waals surface area (Å²) in [4.78, 5) is 0. The van der Waals surface area contributed by atoms with Crippen LogP contribution in [0.3, 0.4) is 0 Å². The van der Waals surface area contributed by atoms with E-state index in [2.05, 4.69) is 32.9 Å². The van der Waals surface area contributed by atoms with E-state index in [9.17, 15) is 4.39 Å². The van der Waals surface area contributed by atoms with Crippen molar-refractivity contribution in [3.05, 3.63) is 59.4 Å². The zero-order valence-corrected chi connectivity index (χ0v) is 14.7. The van der Waals surface area contributed by atoms with Gasteiger partial charge in [-0.15, -0.1) is 0 Å². The van der Waals surface area contributed by atoms with Crippen molar-refractivity contribution in [2.45, 2.75) is 38.8 Å². The molecule has 0 aliphatic carbocycles. The predicted octanol–water partition coefficient (Wildman–Crippen LogP) is 5.16. The fraction of sp³-hybridized carbons (Fsp3) is 0.368. The van der Waals surface area contributed by atoms with E-state index in [1.807, 2.05) is 18.2 Å². The summed E-state index contributed by atoms with van der Waals surface area (Å²) in [7, 11) is 2.09. The first-order chi connectivity index (χ1) is 10.6. The van der Waals surface area contributed by atoms with Crippen LogP contribution in [0.5, 0.6) is 5.75 Å². The summed E-state index contributed by atoms with van der Waals surface area (Å²) in [5.74, 6) is 0.789. The van der Waals surface area contributed by atoms with E-state index in [-0.39, 0.29) is 11.0 Å². The molecule has 22 heavy (non-hydrogen) atoms. The maximum absolute atomic E-state index is 14.1. The molecule has 0 bridgehead atoms. The van der Waals surface area contributed by atoms with E-state index in [4.69, 9.17) is 4.74 Å². The highest BCUT2D eigenvalue weighted by Crippen LogP contribution is 2.50. The van der Waals surface area contributed by atoms with Crippen LogP contribution in [-0.2, 0) is 5.16 Å². The number of hydrogen-bond acceptors (Lipinski definition) is 1. The summed E-state index contributed by atoms with van der Waals surface area (Å²) in [6.07, 6.45) is 1.91. The molecule has 0 aliphatic heterocycles. The maximum atomic E-state index is 14.1. The first-order valence-corrected chi connectivity index (χ1v) is 8.74. The minimum absolute atomic E-state index is 0.0838. The van der Waals surface area contributed by atoms with Gasteiger partial charge in [0.2, 0.25) is 0 Å². The monoisotopic (exact) mass is 318 g/mol. The predicted molar refractivity (Wildman–Crippen MR) is 94.3 cm³/mol. The fourth-order valence-corrected chi connectivity index (χ4v) is 4.47. The Kier molecular flexibility index (Phi) is 5.58. The lowest BCUT2D eigenvalue weighted by atomic mass is 9.90. The smallest absolute Gasteiger partial charge is 0.130 e. The quantitative estimate of drug-likeness (QED) is 0.668. The molecule has 0 fully saturated rings. The summed E-state index contributed by atoms with van der Waals surface area (Å²) < 4.78 is 19.7. The van der Waals surface area contributed by atoms with Gasteiger partial charge >= 0.3 is 0 Å². The molecule has 0 heterocycles. The molecule has 0 saturated heterocycles. The molecule has 2 rings (SSSR count). The van der Waals surface area contributed by atoms with E-state index in [0.717, 1.165) is 23.9 Å². The molecular weight excluding hydrogens is 294 g/mol. The zero-order chi connectivity index (χ0) is 16.2. The van der Waals surface area contributed by atoms with Crippen molar-refractivity contribution in [1.82, 2.24) is 0 Å². The lowest BCUT2D eigenvalue weighted by Gasteiger charge is -2.34. The maximum Gasteiger partial charge on any atom is 0.130 e. The minimum atomic E-state index is -0.112. The first kappa shape index (κ1) is 17.0. The molecule has 0 amide bonds. The lowest BCUT2D eigenvalue weighted by Crippen LogP contribution is -2.23. The number of aryl methyl sites for hydroxylation is 1. The molecule has 0 saturated carbocycles. The van der Waals surface area contributed by atoms with Crippen LogP contribution in [0.4, 0.5) is 4.39 Å². The van der Waals surface area contributed by atoms with Gasteiger partial charge in [0, 0.05) is 16.0 Å². The number of rotatable bonds is 6. The molecule has 3 heteroatoms. The lowest BCUT2D eigenvalue weighted by molar-refractivity contribution is 0.399. The van der Waals surface area contributed by atoms with Crippen LogP contribution in [0.15, 0.2) is 42.5 Å². The molecule has 0 spiro atoms.